The van der Waals surface area contributed by atoms with Crippen LogP contribution < -0.4 is 15.6 Å². The molecule has 2 aromatic carbocycles. The summed E-state index contributed by atoms with van der Waals surface area (Å²) in [5, 5.41) is 0. The summed E-state index contributed by atoms with van der Waals surface area (Å²) < 4.78 is 31.9. The van der Waals surface area contributed by atoms with E-state index >= 15 is 0 Å². The first-order valence-electron chi connectivity index (χ1n) is 8.35. The first-order chi connectivity index (χ1) is 12.9. The second kappa shape index (κ2) is 7.81. The second-order valence-corrected chi connectivity index (χ2v) is 8.14. The van der Waals surface area contributed by atoms with E-state index in [9.17, 15) is 13.2 Å². The Morgan fingerprint density at radius 1 is 0.963 bits per heavy atom. The molecular weight excluding hydrogens is 366 g/mol. The highest BCUT2D eigenvalue weighted by Gasteiger charge is 2.30. The number of carbonyl (C=O) groups excluding carboxylic acids is 1. The molecule has 7 nitrogen and oxygen atoms in total. The molecule has 0 bridgehead atoms. The Hall–Kier alpha value is -2.84. The number of nitrogens with zero attached hydrogens (tertiary/aromatic N) is 1. The van der Waals surface area contributed by atoms with Gasteiger partial charge in [0.25, 0.3) is 0 Å². The van der Waals surface area contributed by atoms with E-state index in [1.807, 2.05) is 6.92 Å². The Balaban J connectivity index is 1.71. The highest BCUT2D eigenvalue weighted by molar-refractivity contribution is 7.89. The zero-order valence-electron chi connectivity index (χ0n) is 15.1. The number of hydrogen-bond donors (Lipinski definition) is 2. The van der Waals surface area contributed by atoms with Crippen molar-refractivity contribution >= 4 is 21.5 Å². The summed E-state index contributed by atoms with van der Waals surface area (Å²) in [5.74, 6) is 0.443. The van der Waals surface area contributed by atoms with Gasteiger partial charge in [0.2, 0.25) is 10.0 Å². The number of hydrazine groups is 1. The van der Waals surface area contributed by atoms with E-state index in [0.29, 0.717) is 5.70 Å². The molecule has 1 aliphatic heterocycles. The molecule has 3 rings (SSSR count). The van der Waals surface area contributed by atoms with E-state index in [4.69, 9.17) is 4.74 Å². The third kappa shape index (κ3) is 4.47. The first-order valence-corrected chi connectivity index (χ1v) is 9.79. The lowest BCUT2D eigenvalue weighted by molar-refractivity contribution is -0.115. The lowest BCUT2D eigenvalue weighted by atomic mass is 10.2. The summed E-state index contributed by atoms with van der Waals surface area (Å²) in [6, 6.07) is 13.8. The number of carbonyl (C=O) groups is 1. The van der Waals surface area contributed by atoms with Gasteiger partial charge in [-0.3, -0.25) is 4.79 Å². The van der Waals surface area contributed by atoms with Crippen molar-refractivity contribution in [2.24, 2.45) is 0 Å². The van der Waals surface area contributed by atoms with Crippen LogP contribution in [0.15, 0.2) is 65.2 Å². The normalized spacial score (nSPS) is 15.2. The first kappa shape index (κ1) is 18.9. The molecule has 0 spiro atoms. The van der Waals surface area contributed by atoms with Crippen molar-refractivity contribution in [3.05, 3.63) is 65.9 Å². The quantitative estimate of drug-likeness (QED) is 0.738. The number of hydrogen-bond acceptors (Lipinski definition) is 6. The van der Waals surface area contributed by atoms with E-state index < -0.39 is 10.0 Å². The molecule has 1 aliphatic rings. The summed E-state index contributed by atoms with van der Waals surface area (Å²) in [6.45, 7) is 1.78. The molecule has 0 unspecified atom stereocenters. The number of nitrogens with one attached hydrogen (secondary N) is 2. The number of sulfonamides is 1. The van der Waals surface area contributed by atoms with Crippen molar-refractivity contribution in [3.63, 3.8) is 0 Å². The molecule has 0 amide bonds. The van der Waals surface area contributed by atoms with E-state index in [1.54, 1.807) is 55.6 Å². The van der Waals surface area contributed by atoms with Crippen LogP contribution in [0.4, 0.5) is 5.69 Å². The molecular formula is C19H21N3O4S. The van der Waals surface area contributed by atoms with Gasteiger partial charge in [0.05, 0.1) is 36.5 Å². The van der Waals surface area contributed by atoms with Gasteiger partial charge in [0, 0.05) is 6.08 Å². The summed E-state index contributed by atoms with van der Waals surface area (Å²) >= 11 is 0. The Labute approximate surface area is 158 Å². The number of aryl methyl sites for hydroxylation is 1. The lowest BCUT2D eigenvalue weighted by Gasteiger charge is -2.26. The predicted molar refractivity (Wildman–Crippen MR) is 103 cm³/mol. The molecule has 8 heteroatoms. The number of benzene rings is 2. The van der Waals surface area contributed by atoms with Gasteiger partial charge in [-0.15, -0.1) is 0 Å². The minimum Gasteiger partial charge on any atom is -0.497 e. The van der Waals surface area contributed by atoms with E-state index in [0.717, 1.165) is 21.3 Å². The minimum atomic E-state index is -3.75. The van der Waals surface area contributed by atoms with Crippen molar-refractivity contribution in [2.75, 3.05) is 25.6 Å². The van der Waals surface area contributed by atoms with Gasteiger partial charge >= 0.3 is 0 Å². The summed E-state index contributed by atoms with van der Waals surface area (Å²) in [7, 11) is -2.16. The van der Waals surface area contributed by atoms with Crippen molar-refractivity contribution in [1.29, 1.82) is 0 Å². The Kier molecular flexibility index (Phi) is 5.48. The molecule has 0 radical (unpaired) electrons. The van der Waals surface area contributed by atoms with Gasteiger partial charge in [-0.05, 0) is 43.3 Å². The number of anilines is 1. The zero-order valence-corrected chi connectivity index (χ0v) is 15.9. The molecule has 0 saturated heterocycles. The molecule has 2 N–H and O–H groups in total. The molecule has 0 atom stereocenters. The predicted octanol–water partition coefficient (Wildman–Crippen LogP) is 2.08. The molecule has 0 aromatic heterocycles. The summed E-state index contributed by atoms with van der Waals surface area (Å²) in [6.07, 6.45) is 1.41. The second-order valence-electron chi connectivity index (χ2n) is 6.20. The van der Waals surface area contributed by atoms with Gasteiger partial charge in [-0.25, -0.2) is 8.42 Å². The minimum absolute atomic E-state index is 0.0745. The maximum Gasteiger partial charge on any atom is 0.243 e. The van der Waals surface area contributed by atoms with Crippen LogP contribution in [0.5, 0.6) is 5.75 Å². The van der Waals surface area contributed by atoms with Crippen LogP contribution in [0.1, 0.15) is 5.56 Å². The van der Waals surface area contributed by atoms with Crippen LogP contribution in [0.2, 0.25) is 0 Å². The van der Waals surface area contributed by atoms with E-state index in [-0.39, 0.29) is 23.8 Å². The zero-order chi connectivity index (χ0) is 19.4. The molecule has 1 heterocycles. The van der Waals surface area contributed by atoms with Crippen molar-refractivity contribution in [3.8, 4) is 5.75 Å². The van der Waals surface area contributed by atoms with Crippen LogP contribution in [0, 0.1) is 6.92 Å². The smallest absolute Gasteiger partial charge is 0.243 e. The standard InChI is InChI=1S/C19H21N3O4S/c1-14-3-9-19(10-4-14)27(24,25)22-12-16(11-17(23)13-22)21-20-15-5-7-18(26-2)8-6-15/h3-11,20-21H,12-13H2,1-2H3. The average molecular weight is 387 g/mol. The Bertz CT molecular complexity index is 951. The Morgan fingerprint density at radius 3 is 2.26 bits per heavy atom. The largest absolute Gasteiger partial charge is 0.497 e. The molecule has 2 aromatic rings. The van der Waals surface area contributed by atoms with Gasteiger partial charge in [-0.1, -0.05) is 17.7 Å². The molecule has 142 valence electrons. The molecule has 27 heavy (non-hydrogen) atoms. The number of methoxy groups -OCH3 is 1. The highest BCUT2D eigenvalue weighted by Crippen LogP contribution is 2.20. The van der Waals surface area contributed by atoms with Gasteiger partial charge in [0.15, 0.2) is 5.78 Å². The molecule has 0 aliphatic carbocycles. The number of rotatable bonds is 6. The van der Waals surface area contributed by atoms with Crippen LogP contribution in [-0.4, -0.2) is 38.7 Å². The highest BCUT2D eigenvalue weighted by atomic mass is 32.2. The fraction of sp³-hybridized carbons (Fsp3) is 0.211. The summed E-state index contributed by atoms with van der Waals surface area (Å²) in [4.78, 5) is 12.2. The average Bonchev–Trinajstić information content (AvgIpc) is 2.66. The Morgan fingerprint density at radius 2 is 1.63 bits per heavy atom. The van der Waals surface area contributed by atoms with Crippen LogP contribution >= 0.6 is 0 Å². The van der Waals surface area contributed by atoms with E-state index in [1.165, 1.54) is 6.08 Å². The lowest BCUT2D eigenvalue weighted by Crippen LogP contribution is -2.43. The fourth-order valence-corrected chi connectivity index (χ4v) is 4.02. The van der Waals surface area contributed by atoms with Gasteiger partial charge in [-0.2, -0.15) is 4.31 Å². The number of ether oxygens (including phenoxy) is 1. The summed E-state index contributed by atoms with van der Waals surface area (Å²) in [5.41, 5.74) is 8.06. The van der Waals surface area contributed by atoms with Crippen molar-refractivity contribution in [1.82, 2.24) is 9.73 Å². The maximum absolute atomic E-state index is 12.8. The van der Waals surface area contributed by atoms with E-state index in [2.05, 4.69) is 10.9 Å². The van der Waals surface area contributed by atoms with Crippen LogP contribution in [0.25, 0.3) is 0 Å². The third-order valence-electron chi connectivity index (χ3n) is 4.13. The SMILES string of the molecule is COc1ccc(NNC2=CC(=O)CN(S(=O)(=O)c3ccc(C)cc3)C2)cc1. The molecule has 0 fully saturated rings. The third-order valence-corrected chi connectivity index (χ3v) is 5.94. The van der Waals surface area contributed by atoms with Crippen molar-refractivity contribution in [2.45, 2.75) is 11.8 Å². The van der Waals surface area contributed by atoms with Gasteiger partial charge in [0.1, 0.15) is 5.75 Å². The topological polar surface area (TPSA) is 87.7 Å². The number of ketones is 1. The van der Waals surface area contributed by atoms with Gasteiger partial charge < -0.3 is 15.6 Å². The van der Waals surface area contributed by atoms with Crippen LogP contribution in [-0.2, 0) is 14.8 Å². The van der Waals surface area contributed by atoms with Crippen LogP contribution in [0.3, 0.4) is 0 Å². The maximum atomic E-state index is 12.8. The van der Waals surface area contributed by atoms with Crippen molar-refractivity contribution < 1.29 is 17.9 Å². The monoisotopic (exact) mass is 387 g/mol. The molecule has 0 saturated carbocycles. The fourth-order valence-electron chi connectivity index (χ4n) is 2.64.